The fourth-order valence-corrected chi connectivity index (χ4v) is 6.42. The van der Waals surface area contributed by atoms with Gasteiger partial charge in [-0.3, -0.25) is 24.0 Å². The van der Waals surface area contributed by atoms with E-state index in [-0.39, 0.29) is 46.9 Å². The second-order valence-electron chi connectivity index (χ2n) is 10.8. The van der Waals surface area contributed by atoms with Crippen LogP contribution in [0.4, 0.5) is 11.4 Å². The Hall–Kier alpha value is -4.16. The minimum atomic E-state index is -4.62. The van der Waals surface area contributed by atoms with Crippen LogP contribution in [-0.4, -0.2) is 55.8 Å². The first-order chi connectivity index (χ1) is 21.2. The van der Waals surface area contributed by atoms with Gasteiger partial charge >= 0.3 is 0 Å². The highest BCUT2D eigenvalue weighted by molar-refractivity contribution is 7.92. The topological polar surface area (TPSA) is 139 Å². The van der Waals surface area contributed by atoms with Gasteiger partial charge in [-0.15, -0.1) is 0 Å². The molecule has 11 nitrogen and oxygen atoms in total. The summed E-state index contributed by atoms with van der Waals surface area (Å²) in [5.74, 6) is -0.934. The van der Waals surface area contributed by atoms with Gasteiger partial charge in [0.25, 0.3) is 15.7 Å². The zero-order chi connectivity index (χ0) is 33.5. The number of carbonyl (C=O) groups excluding carboxylic acids is 2. The lowest BCUT2D eigenvalue weighted by Gasteiger charge is -2.34. The van der Waals surface area contributed by atoms with Crippen LogP contribution in [0.15, 0.2) is 65.6 Å². The molecule has 3 aromatic rings. The van der Waals surface area contributed by atoms with Crippen LogP contribution in [0.1, 0.15) is 50.3 Å². The number of ether oxygens (including phenoxy) is 1. The lowest BCUT2D eigenvalue weighted by molar-refractivity contribution is -0.385. The largest absolute Gasteiger partial charge is 0.495 e. The van der Waals surface area contributed by atoms with E-state index < -0.39 is 44.0 Å². The normalized spacial score (nSPS) is 12.6. The third-order valence-corrected chi connectivity index (χ3v) is 9.47. The summed E-state index contributed by atoms with van der Waals surface area (Å²) in [5.41, 5.74) is 1.53. The molecule has 3 aromatic carbocycles. The molecule has 2 amide bonds. The minimum absolute atomic E-state index is 0.0313. The summed E-state index contributed by atoms with van der Waals surface area (Å²) in [6.45, 7) is 8.24. The van der Waals surface area contributed by atoms with E-state index in [2.05, 4.69) is 5.32 Å². The van der Waals surface area contributed by atoms with Crippen molar-refractivity contribution in [3.05, 3.63) is 92.5 Å². The van der Waals surface area contributed by atoms with E-state index in [4.69, 9.17) is 16.3 Å². The number of nitro groups is 1. The fraction of sp³-hybridized carbons (Fsp3) is 0.375. The fourth-order valence-electron chi connectivity index (χ4n) is 4.81. The number of hydrogen-bond donors (Lipinski definition) is 1. The summed E-state index contributed by atoms with van der Waals surface area (Å²) in [4.78, 5) is 39.8. The molecule has 0 saturated heterocycles. The zero-order valence-electron chi connectivity index (χ0n) is 26.2. The highest BCUT2D eigenvalue weighted by atomic mass is 35.5. The number of anilines is 1. The molecule has 0 spiro atoms. The van der Waals surface area contributed by atoms with Gasteiger partial charge in [-0.2, -0.15) is 0 Å². The molecule has 0 fully saturated rings. The summed E-state index contributed by atoms with van der Waals surface area (Å²) < 4.78 is 34.8. The first-order valence-corrected chi connectivity index (χ1v) is 16.3. The molecule has 1 N–H and O–H groups in total. The molecule has 13 heteroatoms. The molecular weight excluding hydrogens is 620 g/mol. The highest BCUT2D eigenvalue weighted by Gasteiger charge is 2.36. The van der Waals surface area contributed by atoms with Crippen molar-refractivity contribution in [3.63, 3.8) is 0 Å². The van der Waals surface area contributed by atoms with Gasteiger partial charge in [-0.05, 0) is 63.4 Å². The monoisotopic (exact) mass is 658 g/mol. The predicted molar refractivity (Wildman–Crippen MR) is 174 cm³/mol. The Labute approximate surface area is 269 Å². The Morgan fingerprint density at radius 2 is 1.76 bits per heavy atom. The van der Waals surface area contributed by atoms with E-state index in [1.54, 1.807) is 6.92 Å². The maximum Gasteiger partial charge on any atom is 0.273 e. The molecule has 0 aliphatic heterocycles. The Morgan fingerprint density at radius 1 is 1.04 bits per heavy atom. The second-order valence-corrected chi connectivity index (χ2v) is 13.1. The maximum absolute atomic E-state index is 14.3. The van der Waals surface area contributed by atoms with Crippen LogP contribution in [-0.2, 0) is 26.2 Å². The van der Waals surface area contributed by atoms with E-state index in [1.807, 2.05) is 45.0 Å². The zero-order valence-corrected chi connectivity index (χ0v) is 27.8. The number of amides is 2. The van der Waals surface area contributed by atoms with Gasteiger partial charge in [-0.25, -0.2) is 8.42 Å². The predicted octanol–water partition coefficient (Wildman–Crippen LogP) is 5.79. The molecule has 242 valence electrons. The Bertz CT molecular complexity index is 1660. The van der Waals surface area contributed by atoms with Crippen molar-refractivity contribution in [2.45, 2.75) is 71.0 Å². The van der Waals surface area contributed by atoms with E-state index in [9.17, 15) is 28.1 Å². The number of nitrogens with zero attached hydrogens (tertiary/aromatic N) is 3. The molecule has 0 radical (unpaired) electrons. The van der Waals surface area contributed by atoms with Gasteiger partial charge in [-0.1, -0.05) is 61.3 Å². The first kappa shape index (κ1) is 35.3. The number of rotatable bonds is 14. The minimum Gasteiger partial charge on any atom is -0.495 e. The van der Waals surface area contributed by atoms with Crippen molar-refractivity contribution in [3.8, 4) is 5.75 Å². The van der Waals surface area contributed by atoms with E-state index in [0.717, 1.165) is 21.5 Å². The molecule has 0 saturated carbocycles. The number of nitrogens with one attached hydrogen (secondary N) is 1. The number of halogens is 1. The number of hydrogen-bond acceptors (Lipinski definition) is 7. The van der Waals surface area contributed by atoms with Gasteiger partial charge in [0.05, 0.1) is 22.6 Å². The van der Waals surface area contributed by atoms with Gasteiger partial charge in [0.2, 0.25) is 11.8 Å². The van der Waals surface area contributed by atoms with Crippen LogP contribution < -0.4 is 14.4 Å². The van der Waals surface area contributed by atoms with Crippen LogP contribution in [0.25, 0.3) is 0 Å². The molecular formula is C32H39ClN4O7S. The number of carbonyl (C=O) groups is 2. The second kappa shape index (κ2) is 15.2. The lowest BCUT2D eigenvalue weighted by Crippen LogP contribution is -2.53. The SMILES string of the molecule is CCC(C)NC(=O)C(CC)N(Cc1cccc(C)c1)C(=O)CN(c1cc(Cl)ccc1OC)S(=O)(=O)c1ccc(C)c([N+](=O)[O-])c1. The quantitative estimate of drug-likeness (QED) is 0.171. The summed E-state index contributed by atoms with van der Waals surface area (Å²) in [5, 5.41) is 14.8. The highest BCUT2D eigenvalue weighted by Crippen LogP contribution is 2.36. The van der Waals surface area contributed by atoms with Crippen molar-refractivity contribution < 1.29 is 27.7 Å². The van der Waals surface area contributed by atoms with Crippen molar-refractivity contribution in [2.75, 3.05) is 18.0 Å². The third kappa shape index (κ3) is 8.52. The molecule has 0 aromatic heterocycles. The summed E-state index contributed by atoms with van der Waals surface area (Å²) in [6.07, 6.45) is 0.939. The van der Waals surface area contributed by atoms with E-state index in [0.29, 0.717) is 6.42 Å². The number of sulfonamides is 1. The molecule has 45 heavy (non-hydrogen) atoms. The van der Waals surface area contributed by atoms with Crippen molar-refractivity contribution in [1.82, 2.24) is 10.2 Å². The average molecular weight is 659 g/mol. The summed E-state index contributed by atoms with van der Waals surface area (Å²) >= 11 is 6.28. The molecule has 0 heterocycles. The molecule has 0 aliphatic carbocycles. The molecule has 2 atom stereocenters. The number of benzene rings is 3. The van der Waals surface area contributed by atoms with E-state index in [1.165, 1.54) is 49.3 Å². The van der Waals surface area contributed by atoms with Crippen molar-refractivity contribution in [1.29, 1.82) is 0 Å². The molecule has 2 unspecified atom stereocenters. The Balaban J connectivity index is 2.19. The van der Waals surface area contributed by atoms with Crippen LogP contribution in [0, 0.1) is 24.0 Å². The average Bonchev–Trinajstić information content (AvgIpc) is 2.99. The maximum atomic E-state index is 14.3. The third-order valence-electron chi connectivity index (χ3n) is 7.48. The van der Waals surface area contributed by atoms with Gasteiger partial charge in [0.15, 0.2) is 0 Å². The van der Waals surface area contributed by atoms with Crippen LogP contribution in [0.2, 0.25) is 5.02 Å². The molecule has 0 bridgehead atoms. The van der Waals surface area contributed by atoms with Gasteiger partial charge < -0.3 is 15.0 Å². The first-order valence-electron chi connectivity index (χ1n) is 14.5. The van der Waals surface area contributed by atoms with Crippen molar-refractivity contribution in [2.24, 2.45) is 0 Å². The number of methoxy groups -OCH3 is 1. The smallest absolute Gasteiger partial charge is 0.273 e. The number of aryl methyl sites for hydroxylation is 2. The van der Waals surface area contributed by atoms with Crippen LogP contribution in [0.5, 0.6) is 5.75 Å². The molecule has 0 aliphatic rings. The Morgan fingerprint density at radius 3 is 2.36 bits per heavy atom. The summed E-state index contributed by atoms with van der Waals surface area (Å²) in [7, 11) is -3.28. The lowest BCUT2D eigenvalue weighted by atomic mass is 10.1. The number of nitro benzene ring substituents is 1. The standard InChI is InChI=1S/C32H39ClN4O7S/c1-7-23(5)34-32(39)27(8-2)35(19-24-11-9-10-21(3)16-24)31(38)20-36(29-17-25(33)13-15-30(29)44-6)45(42,43)26-14-12-22(4)28(18-26)37(40)41/h9-18,23,27H,7-8,19-20H2,1-6H3,(H,34,39). The Kier molecular flexibility index (Phi) is 11.9. The van der Waals surface area contributed by atoms with Crippen LogP contribution in [0.3, 0.4) is 0 Å². The summed E-state index contributed by atoms with van der Waals surface area (Å²) in [6, 6.07) is 14.2. The van der Waals surface area contributed by atoms with Crippen LogP contribution >= 0.6 is 11.6 Å². The van der Waals surface area contributed by atoms with Crippen molar-refractivity contribution >= 4 is 44.8 Å². The van der Waals surface area contributed by atoms with Gasteiger partial charge in [0, 0.05) is 29.2 Å². The van der Waals surface area contributed by atoms with Gasteiger partial charge in [0.1, 0.15) is 18.3 Å². The van der Waals surface area contributed by atoms with E-state index >= 15 is 0 Å². The molecule has 3 rings (SSSR count).